The van der Waals surface area contributed by atoms with Crippen LogP contribution in [0.3, 0.4) is 0 Å². The zero-order chi connectivity index (χ0) is 11.8. The van der Waals surface area contributed by atoms with Crippen LogP contribution < -0.4 is 0 Å². The van der Waals surface area contributed by atoms with Crippen LogP contribution in [0, 0.1) is 5.82 Å². The molecule has 1 atom stereocenters. The zero-order valence-corrected chi connectivity index (χ0v) is 8.65. The summed E-state index contributed by atoms with van der Waals surface area (Å²) in [7, 11) is -1.23. The molecule has 16 heavy (non-hydrogen) atoms. The van der Waals surface area contributed by atoms with Gasteiger partial charge in [0.25, 0.3) is 4.88 Å². The van der Waals surface area contributed by atoms with E-state index in [1.807, 2.05) is 0 Å². The number of alkyl halides is 3. The molecule has 0 aliphatic rings. The smallest absolute Gasteiger partial charge is 0.207 e. The first-order valence-corrected chi connectivity index (χ1v) is 5.56. The second-order valence-corrected chi connectivity index (χ2v) is 4.83. The summed E-state index contributed by atoms with van der Waals surface area (Å²) in [5.74, 6) is -0.471. The molecule has 1 aromatic heterocycles. The molecule has 2 rings (SSSR count). The Morgan fingerprint density at radius 1 is 1.06 bits per heavy atom. The van der Waals surface area contributed by atoms with Crippen molar-refractivity contribution in [3.05, 3.63) is 46.7 Å². The highest BCUT2D eigenvalue weighted by Gasteiger charge is 2.42. The number of halogens is 4. The minimum absolute atomic E-state index is 0.409. The maximum Gasteiger partial charge on any atom is 0.468 e. The van der Waals surface area contributed by atoms with Crippen LogP contribution in [0.2, 0.25) is 0 Å². The zero-order valence-electron chi connectivity index (χ0n) is 7.83. The Bertz CT molecular complexity index is 486. The van der Waals surface area contributed by atoms with Gasteiger partial charge >= 0.3 is 6.18 Å². The largest absolute Gasteiger partial charge is 0.468 e. The Balaban J connectivity index is 2.49. The highest BCUT2D eigenvalue weighted by atomic mass is 32.2. The minimum Gasteiger partial charge on any atom is -0.207 e. The third-order valence-corrected chi connectivity index (χ3v) is 3.87. The van der Waals surface area contributed by atoms with Gasteiger partial charge in [-0.05, 0) is 12.1 Å². The number of nitrogens with zero attached hydrogens (tertiary/aromatic N) is 1. The summed E-state index contributed by atoms with van der Waals surface area (Å²) >= 11 is 0. The summed E-state index contributed by atoms with van der Waals surface area (Å²) in [6.45, 7) is 0. The average molecular weight is 248 g/mol. The summed E-state index contributed by atoms with van der Waals surface area (Å²) < 4.78 is 50.3. The van der Waals surface area contributed by atoms with Crippen molar-refractivity contribution in [3.8, 4) is 4.90 Å². The summed E-state index contributed by atoms with van der Waals surface area (Å²) in [5, 5.41) is 0. The van der Waals surface area contributed by atoms with Gasteiger partial charge in [-0.15, -0.1) is 0 Å². The lowest BCUT2D eigenvalue weighted by Gasteiger charge is -1.99. The Morgan fingerprint density at radius 2 is 1.69 bits per heavy atom. The third-order valence-electron chi connectivity index (χ3n) is 1.94. The van der Waals surface area contributed by atoms with Crippen LogP contribution in [0.4, 0.5) is 17.6 Å². The lowest BCUT2D eigenvalue weighted by molar-refractivity contribution is -0.134. The molecule has 1 unspecified atom stereocenters. The Hall–Kier alpha value is -1.43. The summed E-state index contributed by atoms with van der Waals surface area (Å²) in [6.07, 6.45) is -3.58. The van der Waals surface area contributed by atoms with Crippen molar-refractivity contribution in [2.75, 3.05) is 0 Å². The van der Waals surface area contributed by atoms with Crippen LogP contribution >= 0.6 is 10.5 Å². The Labute approximate surface area is 91.3 Å². The maximum atomic E-state index is 12.6. The van der Waals surface area contributed by atoms with Crippen molar-refractivity contribution >= 4 is 10.5 Å². The minimum atomic E-state index is -4.39. The maximum absolute atomic E-state index is 12.6. The molecule has 2 aromatic rings. The van der Waals surface area contributed by atoms with E-state index >= 15 is 0 Å². The first kappa shape index (κ1) is 11.1. The Kier molecular flexibility index (Phi) is 2.67. The molecule has 0 saturated carbocycles. The fourth-order valence-electron chi connectivity index (χ4n) is 1.24. The molecule has 1 heterocycles. The van der Waals surface area contributed by atoms with E-state index < -0.39 is 27.3 Å². The molecule has 0 fully saturated rings. The van der Waals surface area contributed by atoms with E-state index in [1.165, 1.54) is 17.6 Å². The molecule has 0 amide bonds. The topological polar surface area (TPSA) is 12.9 Å². The number of thiazole rings is 1. The predicted octanol–water partition coefficient (Wildman–Crippen LogP) is 3.98. The van der Waals surface area contributed by atoms with Gasteiger partial charge in [0.2, 0.25) is 5.51 Å². The monoisotopic (exact) mass is 248 g/mol. The molecule has 0 aliphatic carbocycles. The second kappa shape index (κ2) is 3.86. The van der Waals surface area contributed by atoms with Crippen molar-refractivity contribution < 1.29 is 17.6 Å². The molecule has 1 nitrogen and oxygen atoms in total. The van der Waals surface area contributed by atoms with Gasteiger partial charge in [0, 0.05) is 22.6 Å². The lowest BCUT2D eigenvalue weighted by atomic mass is 10.4. The van der Waals surface area contributed by atoms with Crippen LogP contribution in [0.15, 0.2) is 36.0 Å². The van der Waals surface area contributed by atoms with Gasteiger partial charge in [0.15, 0.2) is 4.90 Å². The van der Waals surface area contributed by atoms with Crippen LogP contribution in [-0.4, -0.2) is 4.98 Å². The SMILES string of the molecule is Fc1ccc(-[s+]2cncc2C(F)(F)F)cc1. The molecule has 0 radical (unpaired) electrons. The van der Waals surface area contributed by atoms with Gasteiger partial charge < -0.3 is 0 Å². The fourth-order valence-corrected chi connectivity index (χ4v) is 2.76. The second-order valence-electron chi connectivity index (χ2n) is 3.04. The van der Waals surface area contributed by atoms with E-state index in [2.05, 4.69) is 4.98 Å². The van der Waals surface area contributed by atoms with Crippen molar-refractivity contribution in [2.24, 2.45) is 0 Å². The molecule has 0 saturated heterocycles. The van der Waals surface area contributed by atoms with E-state index in [0.717, 1.165) is 18.3 Å². The summed E-state index contributed by atoms with van der Waals surface area (Å²) in [4.78, 5) is 3.24. The van der Waals surface area contributed by atoms with Gasteiger partial charge in [-0.2, -0.15) is 13.2 Å². The normalized spacial score (nSPS) is 12.9. The molecular formula is C10H6F4NS+. The van der Waals surface area contributed by atoms with Gasteiger partial charge in [-0.1, -0.05) is 0 Å². The summed E-state index contributed by atoms with van der Waals surface area (Å²) in [5.41, 5.74) is 1.23. The van der Waals surface area contributed by atoms with Crippen molar-refractivity contribution in [2.45, 2.75) is 6.18 Å². The van der Waals surface area contributed by atoms with Crippen LogP contribution in [0.1, 0.15) is 4.88 Å². The van der Waals surface area contributed by atoms with Crippen LogP contribution in [-0.2, 0) is 6.18 Å². The van der Waals surface area contributed by atoms with Crippen LogP contribution in [0.25, 0.3) is 4.90 Å². The van der Waals surface area contributed by atoms with Crippen molar-refractivity contribution in [1.82, 2.24) is 4.98 Å². The van der Waals surface area contributed by atoms with Gasteiger partial charge in [0.05, 0.1) is 6.20 Å². The highest BCUT2D eigenvalue weighted by Crippen LogP contribution is 2.43. The van der Waals surface area contributed by atoms with Crippen LogP contribution in [0.5, 0.6) is 0 Å². The van der Waals surface area contributed by atoms with E-state index in [0.29, 0.717) is 4.90 Å². The average Bonchev–Trinajstić information content (AvgIpc) is 2.66. The van der Waals surface area contributed by atoms with E-state index in [-0.39, 0.29) is 0 Å². The first-order valence-electron chi connectivity index (χ1n) is 4.28. The van der Waals surface area contributed by atoms with Crippen molar-refractivity contribution in [1.29, 1.82) is 0 Å². The quantitative estimate of drug-likeness (QED) is 0.549. The van der Waals surface area contributed by atoms with Gasteiger partial charge in [-0.25, -0.2) is 9.37 Å². The third kappa shape index (κ3) is 2.06. The number of hydrogen-bond donors (Lipinski definition) is 0. The van der Waals surface area contributed by atoms with Gasteiger partial charge in [0.1, 0.15) is 5.82 Å². The number of aromatic nitrogens is 1. The predicted molar refractivity (Wildman–Crippen MR) is 53.0 cm³/mol. The molecule has 0 N–H and O–H groups in total. The lowest BCUT2D eigenvalue weighted by Crippen LogP contribution is -2.02. The van der Waals surface area contributed by atoms with E-state index in [4.69, 9.17) is 0 Å². The van der Waals surface area contributed by atoms with E-state index in [9.17, 15) is 17.6 Å². The summed E-state index contributed by atoms with van der Waals surface area (Å²) in [6, 6.07) is 4.97. The molecule has 84 valence electrons. The fraction of sp³-hybridized carbons (Fsp3) is 0.100. The number of benzene rings is 1. The molecule has 0 aliphatic heterocycles. The van der Waals surface area contributed by atoms with E-state index in [1.54, 1.807) is 0 Å². The van der Waals surface area contributed by atoms with Gasteiger partial charge in [-0.3, -0.25) is 0 Å². The first-order chi connectivity index (χ1) is 7.48. The van der Waals surface area contributed by atoms with Crippen molar-refractivity contribution in [3.63, 3.8) is 0 Å². The molecular weight excluding hydrogens is 242 g/mol. The molecule has 6 heteroatoms. The Morgan fingerprint density at radius 3 is 2.25 bits per heavy atom. The molecule has 1 aromatic carbocycles. The highest BCUT2D eigenvalue weighted by molar-refractivity contribution is 7.38. The number of hydrogen-bond acceptors (Lipinski definition) is 1. The molecule has 0 bridgehead atoms. The standard InChI is InChI=1S/C10H6F4NS/c11-7-1-3-8(4-2-7)16-6-15-5-9(16)10(12,13)14/h1-6H/q+1. The number of rotatable bonds is 1. The molecule has 0 spiro atoms.